The largest absolute Gasteiger partial charge is 0.371 e. The molecule has 0 radical (unpaired) electrons. The summed E-state index contributed by atoms with van der Waals surface area (Å²) in [6.45, 7) is 10.6. The van der Waals surface area contributed by atoms with Crippen molar-refractivity contribution in [1.82, 2.24) is 40.8 Å². The molecule has 3 aliphatic heterocycles. The van der Waals surface area contributed by atoms with E-state index in [9.17, 15) is 24.0 Å². The van der Waals surface area contributed by atoms with E-state index < -0.39 is 35.6 Å². The van der Waals surface area contributed by atoms with E-state index in [0.29, 0.717) is 25.0 Å². The van der Waals surface area contributed by atoms with Gasteiger partial charge in [-0.25, -0.2) is 0 Å². The average Bonchev–Trinajstić information content (AvgIpc) is 4.01. The zero-order chi connectivity index (χ0) is 45.0. The van der Waals surface area contributed by atoms with Crippen LogP contribution < -0.4 is 15.5 Å². The Morgan fingerprint density at radius 1 is 0.891 bits per heavy atom. The first kappa shape index (κ1) is 42.8. The quantitative estimate of drug-likeness (QED) is 0.119. The van der Waals surface area contributed by atoms with Crippen LogP contribution >= 0.6 is 15.9 Å². The van der Waals surface area contributed by atoms with Gasteiger partial charge in [-0.3, -0.25) is 44.2 Å². The lowest BCUT2D eigenvalue weighted by atomic mass is 9.96. The molecule has 0 saturated carbocycles. The molecule has 3 aliphatic rings. The van der Waals surface area contributed by atoms with E-state index in [4.69, 9.17) is 4.52 Å². The minimum Gasteiger partial charge on any atom is -0.371 e. The molecule has 2 aromatic heterocycles. The summed E-state index contributed by atoms with van der Waals surface area (Å²) in [6, 6.07) is 23.9. The summed E-state index contributed by atoms with van der Waals surface area (Å²) in [5.74, 6) is -2.03. The van der Waals surface area contributed by atoms with Crippen molar-refractivity contribution in [1.29, 1.82) is 0 Å². The number of fused-ring (bicyclic) bond motifs is 2. The minimum absolute atomic E-state index is 0.0533. The van der Waals surface area contributed by atoms with Crippen LogP contribution in [0, 0.1) is 6.92 Å². The van der Waals surface area contributed by atoms with Crippen LogP contribution in [-0.2, 0) is 28.1 Å². The van der Waals surface area contributed by atoms with Gasteiger partial charge in [0.25, 0.3) is 11.8 Å². The van der Waals surface area contributed by atoms with Gasteiger partial charge in [-0.15, -0.1) is 0 Å². The Morgan fingerprint density at radius 2 is 1.59 bits per heavy atom. The van der Waals surface area contributed by atoms with Crippen molar-refractivity contribution in [3.05, 3.63) is 117 Å². The molecular formula is C48H48BrN9O6. The molecule has 64 heavy (non-hydrogen) atoms. The molecule has 328 valence electrons. The molecule has 16 heteroatoms. The number of H-pyrrole nitrogens is 1. The van der Waals surface area contributed by atoms with Gasteiger partial charge in [0, 0.05) is 65.2 Å². The van der Waals surface area contributed by atoms with Crippen molar-refractivity contribution in [3.8, 4) is 22.4 Å². The molecule has 0 bridgehead atoms. The van der Waals surface area contributed by atoms with Crippen molar-refractivity contribution < 1.29 is 28.5 Å². The highest BCUT2D eigenvalue weighted by Crippen LogP contribution is 2.35. The van der Waals surface area contributed by atoms with Crippen molar-refractivity contribution in [2.75, 3.05) is 25.0 Å². The number of imide groups is 2. The van der Waals surface area contributed by atoms with Gasteiger partial charge in [0.2, 0.25) is 11.8 Å². The maximum Gasteiger partial charge on any atom is 0.315 e. The Labute approximate surface area is 378 Å². The highest BCUT2D eigenvalue weighted by Gasteiger charge is 2.45. The third kappa shape index (κ3) is 8.23. The van der Waals surface area contributed by atoms with E-state index >= 15 is 0 Å². The number of amides is 5. The number of halogens is 1. The van der Waals surface area contributed by atoms with E-state index in [1.807, 2.05) is 39.8 Å². The number of hydrogen-bond acceptors (Lipinski definition) is 11. The summed E-state index contributed by atoms with van der Waals surface area (Å²) in [5.41, 5.74) is 9.20. The van der Waals surface area contributed by atoms with Crippen molar-refractivity contribution >= 4 is 62.1 Å². The first-order valence-corrected chi connectivity index (χ1v) is 22.2. The number of rotatable bonds is 10. The maximum atomic E-state index is 13.5. The molecule has 3 N–H and O–H groups in total. The highest BCUT2D eigenvalue weighted by molar-refractivity contribution is 9.10. The first-order chi connectivity index (χ1) is 30.6. The molecule has 5 amide bonds. The van der Waals surface area contributed by atoms with Crippen molar-refractivity contribution in [3.63, 3.8) is 0 Å². The Bertz CT molecular complexity index is 2850. The molecule has 0 spiro atoms. The van der Waals surface area contributed by atoms with Gasteiger partial charge < -0.3 is 14.7 Å². The van der Waals surface area contributed by atoms with Crippen LogP contribution in [0.3, 0.4) is 0 Å². The first-order valence-electron chi connectivity index (χ1n) is 21.4. The van der Waals surface area contributed by atoms with Gasteiger partial charge in [-0.05, 0) is 104 Å². The standard InChI is InChI=1S/C48H48BrN9O6/c1-26-20-29(6-7-30(26)24-50-43(61)44-52-47(55-64-44)48(2,3)4)41-36-21-28(10-13-38(36)53-54-41)27-8-11-33(12-9-27)57-18-16-32(17-19-57)56(5)25-31-22-34-35(23-37(31)49)46(63)58(45(34)62)39-14-15-40(59)51-42(39)60/h6-13,20-23,32,39H,14-19,24-25H2,1-5H3,(H,50,61)(H,53,54)(H,51,59,60). The zero-order valence-corrected chi connectivity index (χ0v) is 37.8. The molecule has 4 aromatic carbocycles. The Hall–Kier alpha value is -6.52. The number of piperidine rings is 2. The van der Waals surface area contributed by atoms with Gasteiger partial charge in [0.05, 0.1) is 22.3 Å². The van der Waals surface area contributed by atoms with E-state index in [1.54, 1.807) is 12.1 Å². The summed E-state index contributed by atoms with van der Waals surface area (Å²) < 4.78 is 5.93. The van der Waals surface area contributed by atoms with E-state index in [0.717, 1.165) is 85.3 Å². The van der Waals surface area contributed by atoms with E-state index in [-0.39, 0.29) is 35.3 Å². The van der Waals surface area contributed by atoms with Crippen LogP contribution in [0.15, 0.2) is 81.8 Å². The van der Waals surface area contributed by atoms with Crippen LogP contribution in [0.2, 0.25) is 0 Å². The van der Waals surface area contributed by atoms with Crippen LogP contribution in [0.25, 0.3) is 33.3 Å². The fraction of sp³-hybridized carbons (Fsp3) is 0.333. The Morgan fingerprint density at radius 3 is 2.28 bits per heavy atom. The van der Waals surface area contributed by atoms with Crippen LogP contribution in [0.4, 0.5) is 5.69 Å². The lowest BCUT2D eigenvalue weighted by molar-refractivity contribution is -0.136. The average molecular weight is 927 g/mol. The van der Waals surface area contributed by atoms with E-state index in [2.05, 4.69) is 112 Å². The van der Waals surface area contributed by atoms with Crippen LogP contribution in [-0.4, -0.2) is 91.9 Å². The lowest BCUT2D eigenvalue weighted by Gasteiger charge is -2.38. The molecule has 2 fully saturated rings. The number of carbonyl (C=O) groups is 5. The fourth-order valence-corrected chi connectivity index (χ4v) is 9.28. The summed E-state index contributed by atoms with van der Waals surface area (Å²) in [4.78, 5) is 73.7. The zero-order valence-electron chi connectivity index (χ0n) is 36.3. The molecule has 9 rings (SSSR count). The number of carbonyl (C=O) groups excluding carboxylic acids is 5. The Kier molecular flexibility index (Phi) is 11.3. The summed E-state index contributed by atoms with van der Waals surface area (Å²) in [7, 11) is 2.08. The summed E-state index contributed by atoms with van der Waals surface area (Å²) >= 11 is 3.63. The number of nitrogens with one attached hydrogen (secondary N) is 3. The minimum atomic E-state index is -0.999. The molecule has 0 aliphatic carbocycles. The normalized spacial score (nSPS) is 17.1. The van der Waals surface area contributed by atoms with Gasteiger partial charge >= 0.3 is 11.8 Å². The third-order valence-corrected chi connectivity index (χ3v) is 13.3. The van der Waals surface area contributed by atoms with Gasteiger partial charge in [0.15, 0.2) is 5.82 Å². The predicted molar refractivity (Wildman–Crippen MR) is 243 cm³/mol. The van der Waals surface area contributed by atoms with E-state index in [1.165, 1.54) is 5.69 Å². The molecule has 1 unspecified atom stereocenters. The molecule has 5 heterocycles. The number of aromatic nitrogens is 4. The number of anilines is 1. The second-order valence-corrected chi connectivity index (χ2v) is 18.8. The molecule has 1 atom stereocenters. The maximum absolute atomic E-state index is 13.5. The number of aryl methyl sites for hydroxylation is 1. The summed E-state index contributed by atoms with van der Waals surface area (Å²) in [6.07, 6.45) is 2.10. The van der Waals surface area contributed by atoms with Crippen molar-refractivity contribution in [2.24, 2.45) is 0 Å². The molecule has 2 saturated heterocycles. The summed E-state index contributed by atoms with van der Waals surface area (Å²) in [5, 5.41) is 18.0. The smallest absolute Gasteiger partial charge is 0.315 e. The van der Waals surface area contributed by atoms with Gasteiger partial charge in [-0.2, -0.15) is 10.1 Å². The number of hydrogen-bond donors (Lipinski definition) is 3. The van der Waals surface area contributed by atoms with Gasteiger partial charge in [0.1, 0.15) is 6.04 Å². The van der Waals surface area contributed by atoms with Crippen molar-refractivity contribution in [2.45, 2.75) is 84.0 Å². The second kappa shape index (κ2) is 16.9. The van der Waals surface area contributed by atoms with Crippen LogP contribution in [0.5, 0.6) is 0 Å². The molecule has 6 aromatic rings. The SMILES string of the molecule is Cc1cc(-c2n[nH]c3ccc(-c4ccc(N5CCC(N(C)Cc6cc7c(cc6Br)C(=O)N(C6CCC(=O)NC6=O)C7=O)CC5)cc4)cc23)ccc1CNC(=O)c1nc(C(C)(C)C)no1. The highest BCUT2D eigenvalue weighted by atomic mass is 79.9. The van der Waals surface area contributed by atoms with Crippen LogP contribution in [0.1, 0.15) is 100 Å². The number of aromatic amines is 1. The Balaban J connectivity index is 0.812. The predicted octanol–water partition coefficient (Wildman–Crippen LogP) is 7.08. The molecule has 15 nitrogen and oxygen atoms in total. The number of nitrogens with zero attached hydrogens (tertiary/aromatic N) is 6. The molecular weight excluding hydrogens is 878 g/mol. The fourth-order valence-electron chi connectivity index (χ4n) is 8.81. The second-order valence-electron chi connectivity index (χ2n) is 17.9. The lowest BCUT2D eigenvalue weighted by Crippen LogP contribution is -2.54. The number of benzene rings is 4. The van der Waals surface area contributed by atoms with Gasteiger partial charge in [-0.1, -0.05) is 72.2 Å². The topological polar surface area (TPSA) is 187 Å². The third-order valence-electron chi connectivity index (χ3n) is 12.6. The monoisotopic (exact) mass is 925 g/mol.